The summed E-state index contributed by atoms with van der Waals surface area (Å²) < 4.78 is 59.3. The lowest BCUT2D eigenvalue weighted by molar-refractivity contribution is 0.0345. The number of hydrogen-bond donors (Lipinski definition) is 0. The van der Waals surface area contributed by atoms with Gasteiger partial charge in [0.1, 0.15) is 0 Å². The highest BCUT2D eigenvalue weighted by Gasteiger charge is 2.55. The predicted octanol–water partition coefficient (Wildman–Crippen LogP) is 8.27. The third kappa shape index (κ3) is 6.41. The monoisotopic (exact) mass is 552 g/mol. The summed E-state index contributed by atoms with van der Waals surface area (Å²) in [7, 11) is -4.69. The molecule has 0 aliphatic heterocycles. The summed E-state index contributed by atoms with van der Waals surface area (Å²) in [5, 5.41) is 0. The van der Waals surface area contributed by atoms with E-state index >= 15 is 8.78 Å². The van der Waals surface area contributed by atoms with Crippen molar-refractivity contribution in [3.63, 3.8) is 0 Å². The highest BCUT2D eigenvalue weighted by Crippen LogP contribution is 2.67. The van der Waals surface area contributed by atoms with Gasteiger partial charge in [0.25, 0.3) is 0 Å². The van der Waals surface area contributed by atoms with Crippen molar-refractivity contribution >= 4 is 23.5 Å². The molecular weight excluding hydrogens is 525 g/mol. The molecule has 182 valence electrons. The highest BCUT2D eigenvalue weighted by molar-refractivity contribution is 9.10. The standard InChI is InChI=1S/C26H28BrF2O4P/c1-3-32-34(30,33-4-2)26(28,29)23-16-15-21(17-24(23)27)19-31-25(22-13-9-6-10-14-22)18-20-11-7-5-8-12-20/h5-17,25H,3-4,18-19H2,1-2H3. The Labute approximate surface area is 207 Å². The third-order valence-electron chi connectivity index (χ3n) is 5.19. The number of benzene rings is 3. The van der Waals surface area contributed by atoms with Crippen LogP contribution >= 0.6 is 23.5 Å². The molecule has 0 heterocycles. The molecule has 0 aliphatic rings. The Balaban J connectivity index is 1.80. The van der Waals surface area contributed by atoms with Crippen molar-refractivity contribution in [2.24, 2.45) is 0 Å². The fourth-order valence-electron chi connectivity index (χ4n) is 3.54. The number of alkyl halides is 2. The van der Waals surface area contributed by atoms with E-state index in [1.54, 1.807) is 12.1 Å². The van der Waals surface area contributed by atoms with Gasteiger partial charge in [0.2, 0.25) is 0 Å². The second-order valence-electron chi connectivity index (χ2n) is 7.59. The number of rotatable bonds is 12. The quantitative estimate of drug-likeness (QED) is 0.212. The molecule has 1 atom stereocenters. The average Bonchev–Trinajstić information content (AvgIpc) is 2.83. The van der Waals surface area contributed by atoms with Crippen LogP contribution in [-0.4, -0.2) is 13.2 Å². The topological polar surface area (TPSA) is 44.8 Å². The molecule has 0 N–H and O–H groups in total. The molecule has 0 saturated carbocycles. The summed E-state index contributed by atoms with van der Waals surface area (Å²) >= 11 is 3.22. The molecule has 0 bridgehead atoms. The van der Waals surface area contributed by atoms with Crippen LogP contribution in [0.2, 0.25) is 0 Å². The van der Waals surface area contributed by atoms with Gasteiger partial charge in [-0.05, 0) is 36.6 Å². The van der Waals surface area contributed by atoms with E-state index in [4.69, 9.17) is 13.8 Å². The van der Waals surface area contributed by atoms with Gasteiger partial charge in [-0.25, -0.2) is 0 Å². The Bertz CT molecular complexity index is 1090. The van der Waals surface area contributed by atoms with E-state index in [1.807, 2.05) is 60.7 Å². The Morgan fingerprint density at radius 1 is 0.882 bits per heavy atom. The molecule has 1 unspecified atom stereocenters. The lowest BCUT2D eigenvalue weighted by Gasteiger charge is -2.27. The van der Waals surface area contributed by atoms with E-state index in [1.165, 1.54) is 19.9 Å². The van der Waals surface area contributed by atoms with Crippen LogP contribution in [0.1, 0.15) is 42.2 Å². The Morgan fingerprint density at radius 3 is 2.03 bits per heavy atom. The molecule has 3 rings (SSSR count). The summed E-state index contributed by atoms with van der Waals surface area (Å²) in [6.07, 6.45) is 0.466. The lowest BCUT2D eigenvalue weighted by Crippen LogP contribution is -2.19. The number of ether oxygens (including phenoxy) is 1. The summed E-state index contributed by atoms with van der Waals surface area (Å²) in [4.78, 5) is 0. The Hall–Kier alpha value is -1.89. The molecule has 0 aliphatic carbocycles. The molecular formula is C26H28BrF2O4P. The van der Waals surface area contributed by atoms with E-state index in [0.29, 0.717) is 12.0 Å². The van der Waals surface area contributed by atoms with Gasteiger partial charge in [-0.2, -0.15) is 8.78 Å². The van der Waals surface area contributed by atoms with Crippen LogP contribution in [0.25, 0.3) is 0 Å². The Kier molecular flexibility index (Phi) is 9.57. The van der Waals surface area contributed by atoms with E-state index in [9.17, 15) is 4.57 Å². The zero-order valence-electron chi connectivity index (χ0n) is 19.1. The molecule has 3 aromatic carbocycles. The molecule has 0 spiro atoms. The maximum Gasteiger partial charge on any atom is 0.404 e. The normalized spacial score (nSPS) is 13.1. The molecule has 3 aromatic rings. The lowest BCUT2D eigenvalue weighted by atomic mass is 10.0. The van der Waals surface area contributed by atoms with Crippen molar-refractivity contribution in [3.8, 4) is 0 Å². The van der Waals surface area contributed by atoms with Gasteiger partial charge in [0.15, 0.2) is 0 Å². The average molecular weight is 553 g/mol. The molecule has 0 fully saturated rings. The van der Waals surface area contributed by atoms with Crippen molar-refractivity contribution in [1.82, 2.24) is 0 Å². The van der Waals surface area contributed by atoms with Gasteiger partial charge in [-0.1, -0.05) is 88.7 Å². The van der Waals surface area contributed by atoms with Gasteiger partial charge in [0, 0.05) is 16.5 Å². The smallest absolute Gasteiger partial charge is 0.369 e. The Morgan fingerprint density at radius 2 is 1.47 bits per heavy atom. The van der Waals surface area contributed by atoms with Crippen LogP contribution in [0.15, 0.2) is 83.3 Å². The minimum atomic E-state index is -4.69. The van der Waals surface area contributed by atoms with Crippen molar-refractivity contribution in [3.05, 3.63) is 106 Å². The van der Waals surface area contributed by atoms with E-state index in [0.717, 1.165) is 11.1 Å². The molecule has 0 amide bonds. The zero-order chi connectivity index (χ0) is 24.6. The third-order valence-corrected chi connectivity index (χ3v) is 7.97. The van der Waals surface area contributed by atoms with E-state index < -0.39 is 18.8 Å². The first-order valence-corrected chi connectivity index (χ1v) is 13.4. The first-order chi connectivity index (χ1) is 16.3. The van der Waals surface area contributed by atoms with Gasteiger partial charge >= 0.3 is 13.3 Å². The van der Waals surface area contributed by atoms with E-state index in [2.05, 4.69) is 15.9 Å². The van der Waals surface area contributed by atoms with Crippen LogP contribution in [0.5, 0.6) is 0 Å². The second-order valence-corrected chi connectivity index (χ2v) is 10.5. The van der Waals surface area contributed by atoms with Gasteiger partial charge in [-0.15, -0.1) is 0 Å². The van der Waals surface area contributed by atoms with Crippen molar-refractivity contribution in [2.75, 3.05) is 13.2 Å². The second kappa shape index (κ2) is 12.2. The van der Waals surface area contributed by atoms with Crippen LogP contribution in [0.3, 0.4) is 0 Å². The fraction of sp³-hybridized carbons (Fsp3) is 0.308. The zero-order valence-corrected chi connectivity index (χ0v) is 21.6. The maximum atomic E-state index is 15.2. The molecule has 34 heavy (non-hydrogen) atoms. The molecule has 8 heteroatoms. The van der Waals surface area contributed by atoms with Gasteiger partial charge < -0.3 is 13.8 Å². The van der Waals surface area contributed by atoms with Crippen LogP contribution < -0.4 is 0 Å². The van der Waals surface area contributed by atoms with Crippen LogP contribution in [-0.2, 0) is 37.0 Å². The maximum absolute atomic E-state index is 15.2. The minimum Gasteiger partial charge on any atom is -0.369 e. The SMILES string of the molecule is CCOP(=O)(OCC)C(F)(F)c1ccc(COC(Cc2ccccc2)c2ccccc2)cc1Br. The molecule has 4 nitrogen and oxygen atoms in total. The largest absolute Gasteiger partial charge is 0.404 e. The first kappa shape index (κ1) is 26.7. The number of halogens is 3. The minimum absolute atomic E-state index is 0.109. The van der Waals surface area contributed by atoms with E-state index in [-0.39, 0.29) is 30.4 Å². The molecule has 0 saturated heterocycles. The highest BCUT2D eigenvalue weighted by atomic mass is 79.9. The van der Waals surface area contributed by atoms with Crippen molar-refractivity contribution in [2.45, 2.75) is 38.6 Å². The first-order valence-electron chi connectivity index (χ1n) is 11.1. The summed E-state index contributed by atoms with van der Waals surface area (Å²) in [5.41, 5.74) is -1.40. The van der Waals surface area contributed by atoms with Crippen molar-refractivity contribution < 1.29 is 27.1 Å². The number of hydrogen-bond acceptors (Lipinski definition) is 4. The van der Waals surface area contributed by atoms with Crippen molar-refractivity contribution in [1.29, 1.82) is 0 Å². The van der Waals surface area contributed by atoms with Gasteiger partial charge in [-0.3, -0.25) is 4.57 Å². The predicted molar refractivity (Wildman–Crippen MR) is 133 cm³/mol. The molecule has 0 aromatic heterocycles. The van der Waals surface area contributed by atoms with Crippen LogP contribution in [0.4, 0.5) is 8.78 Å². The summed E-state index contributed by atoms with van der Waals surface area (Å²) in [6, 6.07) is 24.2. The molecule has 0 radical (unpaired) electrons. The summed E-state index contributed by atoms with van der Waals surface area (Å²) in [5.74, 6) is 0. The summed E-state index contributed by atoms with van der Waals surface area (Å²) in [6.45, 7) is 2.90. The fourth-order valence-corrected chi connectivity index (χ4v) is 5.94. The van der Waals surface area contributed by atoms with Gasteiger partial charge in [0.05, 0.1) is 25.9 Å². The van der Waals surface area contributed by atoms with Crippen LogP contribution in [0, 0.1) is 0 Å².